The highest BCUT2D eigenvalue weighted by atomic mass is 19.2. The minimum atomic E-state index is -2.27. The summed E-state index contributed by atoms with van der Waals surface area (Å²) in [4.78, 5) is 35.5. The molecule has 1 aromatic rings. The summed E-state index contributed by atoms with van der Waals surface area (Å²) in [5, 5.41) is 0. The second-order valence-corrected chi connectivity index (χ2v) is 4.15. The average Bonchev–Trinajstić information content (AvgIpc) is 2.49. The van der Waals surface area contributed by atoms with Gasteiger partial charge in [0.2, 0.25) is 5.92 Å². The maximum absolute atomic E-state index is 13.6. The smallest absolute Gasteiger partial charge is 0.328 e. The lowest BCUT2D eigenvalue weighted by molar-refractivity contribution is -0.158. The van der Waals surface area contributed by atoms with Gasteiger partial charge in [-0.15, -0.1) is 0 Å². The highest BCUT2D eigenvalue weighted by Crippen LogP contribution is 2.22. The van der Waals surface area contributed by atoms with Crippen LogP contribution in [0.5, 0.6) is 0 Å². The normalized spacial score (nSPS) is 10.6. The zero-order valence-corrected chi connectivity index (χ0v) is 12.1. The summed E-state index contributed by atoms with van der Waals surface area (Å²) in [5.74, 6) is -14.8. The van der Waals surface area contributed by atoms with Crippen LogP contribution in [-0.4, -0.2) is 30.9 Å². The molecule has 1 aromatic carbocycles. The molecule has 9 heteroatoms. The van der Waals surface area contributed by atoms with Crippen molar-refractivity contribution in [2.75, 3.05) is 13.2 Å². The van der Waals surface area contributed by atoms with Crippen molar-refractivity contribution in [3.05, 3.63) is 34.9 Å². The molecular weight excluding hydrogens is 324 g/mol. The predicted octanol–water partition coefficient (Wildman–Crippen LogP) is 2.17. The maximum atomic E-state index is 13.6. The first-order chi connectivity index (χ1) is 10.8. The lowest BCUT2D eigenvalue weighted by Crippen LogP contribution is -2.35. The molecule has 0 unspecified atom stereocenters. The summed E-state index contributed by atoms with van der Waals surface area (Å²) < 4.78 is 61.9. The molecule has 0 saturated carbocycles. The first kappa shape index (κ1) is 18.6. The molecular formula is C14H12F4O5. The molecule has 0 amide bonds. The van der Waals surface area contributed by atoms with Gasteiger partial charge in [-0.1, -0.05) is 0 Å². The highest BCUT2D eigenvalue weighted by Gasteiger charge is 2.39. The van der Waals surface area contributed by atoms with Crippen molar-refractivity contribution >= 4 is 17.7 Å². The Balaban J connectivity index is 3.35. The van der Waals surface area contributed by atoms with Gasteiger partial charge in [-0.25, -0.2) is 17.6 Å². The molecule has 0 saturated heterocycles. The Morgan fingerprint density at radius 1 is 0.913 bits per heavy atom. The second kappa shape index (κ2) is 7.70. The van der Waals surface area contributed by atoms with Crippen molar-refractivity contribution in [3.8, 4) is 0 Å². The van der Waals surface area contributed by atoms with Crippen LogP contribution < -0.4 is 0 Å². The number of ketones is 1. The molecule has 0 radical (unpaired) electrons. The van der Waals surface area contributed by atoms with E-state index in [9.17, 15) is 31.9 Å². The summed E-state index contributed by atoms with van der Waals surface area (Å²) in [7, 11) is 0. The topological polar surface area (TPSA) is 69.7 Å². The molecule has 0 spiro atoms. The SMILES string of the molecule is CCOC(=O)C(C(=O)OCC)C(=O)c1cc(F)c(F)c(F)c1F. The molecule has 1 rings (SSSR count). The minimum absolute atomic E-state index is 0.0571. The van der Waals surface area contributed by atoms with Gasteiger partial charge in [0, 0.05) is 0 Å². The highest BCUT2D eigenvalue weighted by molar-refractivity contribution is 6.20. The Morgan fingerprint density at radius 3 is 1.83 bits per heavy atom. The zero-order chi connectivity index (χ0) is 17.7. The first-order valence-corrected chi connectivity index (χ1v) is 6.46. The molecule has 0 aromatic heterocycles. The first-order valence-electron chi connectivity index (χ1n) is 6.46. The summed E-state index contributed by atoms with van der Waals surface area (Å²) in [5.41, 5.74) is -1.30. The number of hydrogen-bond acceptors (Lipinski definition) is 5. The molecule has 0 aliphatic rings. The predicted molar refractivity (Wildman–Crippen MR) is 67.4 cm³/mol. The molecule has 5 nitrogen and oxygen atoms in total. The van der Waals surface area contributed by atoms with Gasteiger partial charge < -0.3 is 9.47 Å². The number of benzene rings is 1. The fraction of sp³-hybridized carbons (Fsp3) is 0.357. The molecule has 0 aliphatic heterocycles. The van der Waals surface area contributed by atoms with Gasteiger partial charge in [0.15, 0.2) is 29.1 Å². The van der Waals surface area contributed by atoms with E-state index in [1.807, 2.05) is 0 Å². The van der Waals surface area contributed by atoms with E-state index in [4.69, 9.17) is 0 Å². The number of carbonyl (C=O) groups is 3. The zero-order valence-electron chi connectivity index (χ0n) is 12.1. The number of hydrogen-bond donors (Lipinski definition) is 0. The van der Waals surface area contributed by atoms with Crippen LogP contribution in [0.4, 0.5) is 17.6 Å². The molecule has 0 fully saturated rings. The van der Waals surface area contributed by atoms with Crippen LogP contribution in [0.2, 0.25) is 0 Å². The molecule has 0 aliphatic carbocycles. The van der Waals surface area contributed by atoms with E-state index >= 15 is 0 Å². The van der Waals surface area contributed by atoms with Crippen molar-refractivity contribution in [1.29, 1.82) is 0 Å². The molecule has 0 atom stereocenters. The summed E-state index contributed by atoms with van der Waals surface area (Å²) in [6, 6.07) is 0.0571. The summed E-state index contributed by atoms with van der Waals surface area (Å²) in [6.45, 7) is 2.33. The van der Waals surface area contributed by atoms with Crippen molar-refractivity contribution in [2.45, 2.75) is 13.8 Å². The van der Waals surface area contributed by atoms with Gasteiger partial charge in [-0.3, -0.25) is 14.4 Å². The Morgan fingerprint density at radius 2 is 1.39 bits per heavy atom. The van der Waals surface area contributed by atoms with Crippen molar-refractivity contribution in [3.63, 3.8) is 0 Å². The van der Waals surface area contributed by atoms with Gasteiger partial charge in [0.05, 0.1) is 18.8 Å². The lowest BCUT2D eigenvalue weighted by Gasteiger charge is -2.14. The van der Waals surface area contributed by atoms with Gasteiger partial charge in [0.1, 0.15) is 0 Å². The van der Waals surface area contributed by atoms with Crippen LogP contribution in [-0.2, 0) is 19.1 Å². The maximum Gasteiger partial charge on any atom is 0.328 e. The van der Waals surface area contributed by atoms with Crippen molar-refractivity contribution in [2.24, 2.45) is 5.92 Å². The van der Waals surface area contributed by atoms with Gasteiger partial charge in [0.25, 0.3) is 0 Å². The van der Waals surface area contributed by atoms with Crippen LogP contribution >= 0.6 is 0 Å². The van der Waals surface area contributed by atoms with Crippen LogP contribution in [0.15, 0.2) is 6.07 Å². The van der Waals surface area contributed by atoms with E-state index in [-0.39, 0.29) is 19.3 Å². The molecule has 126 valence electrons. The Kier molecular flexibility index (Phi) is 6.23. The number of halogens is 4. The van der Waals surface area contributed by atoms with Crippen molar-refractivity contribution < 1.29 is 41.4 Å². The van der Waals surface area contributed by atoms with E-state index in [1.54, 1.807) is 0 Å². The standard InChI is InChI=1S/C14H12F4O5/c1-3-22-13(20)8(14(21)23-4-2)12(19)6-5-7(15)10(17)11(18)9(6)16/h5,8H,3-4H2,1-2H3. The minimum Gasteiger partial charge on any atom is -0.465 e. The Bertz CT molecular complexity index is 627. The molecule has 23 heavy (non-hydrogen) atoms. The fourth-order valence-electron chi connectivity index (χ4n) is 1.67. The van der Waals surface area contributed by atoms with E-state index in [0.29, 0.717) is 0 Å². The monoisotopic (exact) mass is 336 g/mol. The van der Waals surface area contributed by atoms with E-state index < -0.39 is 52.5 Å². The van der Waals surface area contributed by atoms with Gasteiger partial charge in [-0.2, -0.15) is 0 Å². The summed E-state index contributed by atoms with van der Waals surface area (Å²) >= 11 is 0. The second-order valence-electron chi connectivity index (χ2n) is 4.15. The third-order valence-electron chi connectivity index (χ3n) is 2.67. The number of rotatable bonds is 6. The van der Waals surface area contributed by atoms with Gasteiger partial charge in [-0.05, 0) is 19.9 Å². The molecule has 0 bridgehead atoms. The number of carbonyl (C=O) groups excluding carboxylic acids is 3. The van der Waals surface area contributed by atoms with E-state index in [2.05, 4.69) is 9.47 Å². The Labute approximate surface area is 128 Å². The summed E-state index contributed by atoms with van der Waals surface area (Å²) in [6.07, 6.45) is 0. The van der Waals surface area contributed by atoms with Crippen molar-refractivity contribution in [1.82, 2.24) is 0 Å². The lowest BCUT2D eigenvalue weighted by atomic mass is 9.96. The van der Waals surface area contributed by atoms with E-state index in [0.717, 1.165) is 0 Å². The van der Waals surface area contributed by atoms with E-state index in [1.165, 1.54) is 13.8 Å². The molecule has 0 heterocycles. The van der Waals surface area contributed by atoms with Crippen LogP contribution in [0.3, 0.4) is 0 Å². The largest absolute Gasteiger partial charge is 0.465 e. The van der Waals surface area contributed by atoms with Crippen LogP contribution in [0.1, 0.15) is 24.2 Å². The van der Waals surface area contributed by atoms with Crippen LogP contribution in [0, 0.1) is 29.2 Å². The quantitative estimate of drug-likeness (QED) is 0.199. The Hall–Kier alpha value is -2.45. The third-order valence-corrected chi connectivity index (χ3v) is 2.67. The number of esters is 2. The number of ether oxygens (including phenoxy) is 2. The van der Waals surface area contributed by atoms with Crippen LogP contribution in [0.25, 0.3) is 0 Å². The third kappa shape index (κ3) is 3.85. The molecule has 0 N–H and O–H groups in total. The number of Topliss-reactive ketones (excluding diaryl/α,β-unsaturated/α-hetero) is 1. The fourth-order valence-corrected chi connectivity index (χ4v) is 1.67. The van der Waals surface area contributed by atoms with Gasteiger partial charge >= 0.3 is 11.9 Å². The average molecular weight is 336 g/mol.